The molecule has 0 aromatic heterocycles. The molecule has 0 atom stereocenters. The number of benzene rings is 3. The van der Waals surface area contributed by atoms with Crippen LogP contribution in [-0.2, 0) is 0 Å². The van der Waals surface area contributed by atoms with E-state index in [1.807, 2.05) is 0 Å². The molecule has 0 spiro atoms. The number of amides is 2. The first kappa shape index (κ1) is 17.6. The van der Waals surface area contributed by atoms with Crippen molar-refractivity contribution in [3.05, 3.63) is 94.8 Å². The van der Waals surface area contributed by atoms with E-state index >= 15 is 0 Å². The van der Waals surface area contributed by atoms with Crippen molar-refractivity contribution in [1.82, 2.24) is 0 Å². The molecule has 0 aliphatic heterocycles. The molecule has 0 heterocycles. The van der Waals surface area contributed by atoms with Crippen LogP contribution < -0.4 is 10.6 Å². The van der Waals surface area contributed by atoms with Crippen LogP contribution in [0.15, 0.2) is 72.8 Å². The zero-order valence-corrected chi connectivity index (χ0v) is 14.3. The smallest absolute Gasteiger partial charge is 0.255 e. The summed E-state index contributed by atoms with van der Waals surface area (Å²) >= 11 is 5.90. The molecule has 0 saturated heterocycles. The summed E-state index contributed by atoms with van der Waals surface area (Å²) in [6, 6.07) is 18.8. The molecule has 2 N–H and O–H groups in total. The van der Waals surface area contributed by atoms with Gasteiger partial charge in [0.25, 0.3) is 11.8 Å². The van der Waals surface area contributed by atoms with E-state index in [1.165, 1.54) is 24.3 Å². The predicted molar refractivity (Wildman–Crippen MR) is 100 cm³/mol. The van der Waals surface area contributed by atoms with Crippen molar-refractivity contribution in [1.29, 1.82) is 0 Å². The van der Waals surface area contributed by atoms with Crippen LogP contribution in [-0.4, -0.2) is 11.8 Å². The van der Waals surface area contributed by atoms with Gasteiger partial charge in [0.2, 0.25) is 0 Å². The Hall–Kier alpha value is -3.18. The summed E-state index contributed by atoms with van der Waals surface area (Å²) in [6.07, 6.45) is 0. The largest absolute Gasteiger partial charge is 0.322 e. The Morgan fingerprint density at radius 2 is 1.42 bits per heavy atom. The second-order valence-corrected chi connectivity index (χ2v) is 5.92. The highest BCUT2D eigenvalue weighted by molar-refractivity contribution is 6.31. The molecule has 3 aromatic carbocycles. The van der Waals surface area contributed by atoms with Gasteiger partial charge in [-0.25, -0.2) is 4.39 Å². The van der Waals surface area contributed by atoms with E-state index in [0.717, 1.165) is 0 Å². The Balaban J connectivity index is 1.76. The molecule has 0 radical (unpaired) electrons. The molecule has 0 saturated carbocycles. The van der Waals surface area contributed by atoms with Gasteiger partial charge in [0.15, 0.2) is 0 Å². The number of hydrogen-bond acceptors (Lipinski definition) is 2. The van der Waals surface area contributed by atoms with E-state index in [-0.39, 0.29) is 17.2 Å². The maximum atomic E-state index is 13.7. The average molecular weight is 369 g/mol. The van der Waals surface area contributed by atoms with Crippen LogP contribution in [0.4, 0.5) is 15.8 Å². The van der Waals surface area contributed by atoms with Crippen molar-refractivity contribution in [3.63, 3.8) is 0 Å². The molecular weight excluding hydrogens is 355 g/mol. The van der Waals surface area contributed by atoms with Gasteiger partial charge in [-0.2, -0.15) is 0 Å². The first-order valence-electron chi connectivity index (χ1n) is 7.76. The summed E-state index contributed by atoms with van der Waals surface area (Å²) < 4.78 is 13.7. The summed E-state index contributed by atoms with van der Waals surface area (Å²) in [5.41, 5.74) is 1.16. The SMILES string of the molecule is O=C(Nc1cccc(Cl)c1)c1cccc(C(=O)Nc2ccccc2F)c1. The van der Waals surface area contributed by atoms with E-state index in [2.05, 4.69) is 10.6 Å². The lowest BCUT2D eigenvalue weighted by atomic mass is 10.1. The summed E-state index contributed by atoms with van der Waals surface area (Å²) in [4.78, 5) is 24.7. The minimum atomic E-state index is -0.532. The summed E-state index contributed by atoms with van der Waals surface area (Å²) in [5, 5.41) is 5.70. The van der Waals surface area contributed by atoms with Crippen LogP contribution in [0, 0.1) is 5.82 Å². The molecule has 0 aliphatic carbocycles. The summed E-state index contributed by atoms with van der Waals surface area (Å²) in [6.45, 7) is 0. The van der Waals surface area contributed by atoms with Gasteiger partial charge in [0.05, 0.1) is 5.69 Å². The van der Waals surface area contributed by atoms with Crippen molar-refractivity contribution in [3.8, 4) is 0 Å². The summed E-state index contributed by atoms with van der Waals surface area (Å²) in [5.74, 6) is -1.42. The monoisotopic (exact) mass is 368 g/mol. The fraction of sp³-hybridized carbons (Fsp3) is 0. The minimum Gasteiger partial charge on any atom is -0.322 e. The van der Waals surface area contributed by atoms with Gasteiger partial charge >= 0.3 is 0 Å². The number of halogens is 2. The minimum absolute atomic E-state index is 0.0753. The van der Waals surface area contributed by atoms with Gasteiger partial charge < -0.3 is 10.6 Å². The zero-order chi connectivity index (χ0) is 18.5. The standard InChI is InChI=1S/C20H14ClFN2O2/c21-15-7-4-8-16(12-15)23-19(25)13-5-3-6-14(11-13)20(26)24-18-10-2-1-9-17(18)22/h1-12H,(H,23,25)(H,24,26). The second kappa shape index (κ2) is 7.80. The molecule has 2 amide bonds. The predicted octanol–water partition coefficient (Wildman–Crippen LogP) is 4.98. The molecule has 0 unspecified atom stereocenters. The Labute approximate surface area is 154 Å². The van der Waals surface area contributed by atoms with Gasteiger partial charge in [-0.3, -0.25) is 9.59 Å². The molecule has 0 bridgehead atoms. The van der Waals surface area contributed by atoms with Gasteiger partial charge in [-0.05, 0) is 48.5 Å². The highest BCUT2D eigenvalue weighted by Crippen LogP contribution is 2.17. The van der Waals surface area contributed by atoms with Crippen molar-refractivity contribution in [2.45, 2.75) is 0 Å². The fourth-order valence-electron chi connectivity index (χ4n) is 2.33. The number of anilines is 2. The Kier molecular flexibility index (Phi) is 5.29. The third-order valence-electron chi connectivity index (χ3n) is 3.59. The van der Waals surface area contributed by atoms with Crippen molar-refractivity contribution >= 4 is 34.8 Å². The van der Waals surface area contributed by atoms with Crippen LogP contribution in [0.25, 0.3) is 0 Å². The Bertz CT molecular complexity index is 975. The Morgan fingerprint density at radius 1 is 0.769 bits per heavy atom. The van der Waals surface area contributed by atoms with Gasteiger partial charge in [0.1, 0.15) is 5.82 Å². The fourth-order valence-corrected chi connectivity index (χ4v) is 2.52. The Morgan fingerprint density at radius 3 is 2.12 bits per heavy atom. The van der Waals surface area contributed by atoms with Crippen molar-refractivity contribution in [2.75, 3.05) is 10.6 Å². The lowest BCUT2D eigenvalue weighted by Gasteiger charge is -2.09. The van der Waals surface area contributed by atoms with Crippen molar-refractivity contribution < 1.29 is 14.0 Å². The molecule has 3 rings (SSSR count). The summed E-state index contributed by atoms with van der Waals surface area (Å²) in [7, 11) is 0. The van der Waals surface area contributed by atoms with Crippen LogP contribution in [0.1, 0.15) is 20.7 Å². The van der Waals surface area contributed by atoms with E-state index in [1.54, 1.807) is 48.5 Å². The average Bonchev–Trinajstić information content (AvgIpc) is 2.63. The maximum Gasteiger partial charge on any atom is 0.255 e. The molecule has 0 aliphatic rings. The number of nitrogens with one attached hydrogen (secondary N) is 2. The van der Waals surface area contributed by atoms with E-state index in [0.29, 0.717) is 16.3 Å². The normalized spacial score (nSPS) is 10.2. The molecule has 26 heavy (non-hydrogen) atoms. The van der Waals surface area contributed by atoms with Gasteiger partial charge in [-0.15, -0.1) is 0 Å². The van der Waals surface area contributed by atoms with E-state index < -0.39 is 11.7 Å². The topological polar surface area (TPSA) is 58.2 Å². The molecule has 6 heteroatoms. The zero-order valence-electron chi connectivity index (χ0n) is 13.5. The quantitative estimate of drug-likeness (QED) is 0.682. The van der Waals surface area contributed by atoms with Gasteiger partial charge in [0, 0.05) is 21.8 Å². The van der Waals surface area contributed by atoms with Crippen LogP contribution >= 0.6 is 11.6 Å². The number of hydrogen-bond donors (Lipinski definition) is 2. The van der Waals surface area contributed by atoms with Crippen molar-refractivity contribution in [2.24, 2.45) is 0 Å². The molecule has 0 fully saturated rings. The lowest BCUT2D eigenvalue weighted by Crippen LogP contribution is -2.16. The molecule has 3 aromatic rings. The number of para-hydroxylation sites is 1. The lowest BCUT2D eigenvalue weighted by molar-refractivity contribution is 0.102. The van der Waals surface area contributed by atoms with Crippen LogP contribution in [0.2, 0.25) is 5.02 Å². The second-order valence-electron chi connectivity index (χ2n) is 5.48. The number of carbonyl (C=O) groups excluding carboxylic acids is 2. The first-order chi connectivity index (χ1) is 12.5. The molecule has 130 valence electrons. The maximum absolute atomic E-state index is 13.7. The third kappa shape index (κ3) is 4.26. The van der Waals surface area contributed by atoms with E-state index in [4.69, 9.17) is 11.6 Å². The number of carbonyl (C=O) groups is 2. The third-order valence-corrected chi connectivity index (χ3v) is 3.83. The first-order valence-corrected chi connectivity index (χ1v) is 8.13. The number of rotatable bonds is 4. The molecule has 4 nitrogen and oxygen atoms in total. The van der Waals surface area contributed by atoms with Crippen LogP contribution in [0.5, 0.6) is 0 Å². The van der Waals surface area contributed by atoms with Gasteiger partial charge in [-0.1, -0.05) is 35.9 Å². The highest BCUT2D eigenvalue weighted by atomic mass is 35.5. The molecular formula is C20H14ClFN2O2. The highest BCUT2D eigenvalue weighted by Gasteiger charge is 2.12. The van der Waals surface area contributed by atoms with Crippen LogP contribution in [0.3, 0.4) is 0 Å². The van der Waals surface area contributed by atoms with E-state index in [9.17, 15) is 14.0 Å².